The fourth-order valence-electron chi connectivity index (χ4n) is 2.22. The molecule has 0 amide bonds. The second-order valence-corrected chi connectivity index (χ2v) is 7.33. The molecule has 2 rings (SSSR count). The summed E-state index contributed by atoms with van der Waals surface area (Å²) in [5, 5.41) is 2.96. The van der Waals surface area contributed by atoms with E-state index < -0.39 is 9.84 Å². The fraction of sp³-hybridized carbons (Fsp3) is 0.727. The van der Waals surface area contributed by atoms with E-state index >= 15 is 0 Å². The lowest BCUT2D eigenvalue weighted by molar-refractivity contribution is 0.597. The molecule has 0 spiro atoms. The lowest BCUT2D eigenvalue weighted by atomic mass is 10.4. The molecular weight excluding hydrogens is 280 g/mol. The standard InChI is InChI=1S/C11H20N6O2S/c1-8(7-20(2,18)19)13-10-14-9(12)15-11(16-10)17-5-3-4-6-17/h8H,3-7H2,1-2H3,(H3,12,13,14,15,16). The first-order valence-electron chi connectivity index (χ1n) is 6.54. The molecule has 20 heavy (non-hydrogen) atoms. The molecule has 1 fully saturated rings. The Morgan fingerprint density at radius 3 is 2.55 bits per heavy atom. The second-order valence-electron chi connectivity index (χ2n) is 5.15. The highest BCUT2D eigenvalue weighted by atomic mass is 32.2. The third-order valence-electron chi connectivity index (χ3n) is 2.96. The molecule has 0 radical (unpaired) electrons. The molecule has 2 heterocycles. The van der Waals surface area contributed by atoms with E-state index in [4.69, 9.17) is 5.73 Å². The molecule has 1 aromatic heterocycles. The number of hydrogen-bond donors (Lipinski definition) is 2. The van der Waals surface area contributed by atoms with E-state index in [0.717, 1.165) is 25.9 Å². The summed E-state index contributed by atoms with van der Waals surface area (Å²) in [6, 6.07) is -0.293. The third kappa shape index (κ3) is 4.19. The van der Waals surface area contributed by atoms with Crippen molar-refractivity contribution in [2.75, 3.05) is 41.0 Å². The van der Waals surface area contributed by atoms with Gasteiger partial charge in [-0.15, -0.1) is 0 Å². The Bertz CT molecular complexity index is 570. The first-order valence-corrected chi connectivity index (χ1v) is 8.60. The zero-order chi connectivity index (χ0) is 14.8. The van der Waals surface area contributed by atoms with Gasteiger partial charge < -0.3 is 16.0 Å². The van der Waals surface area contributed by atoms with Crippen LogP contribution in [0.25, 0.3) is 0 Å². The number of nitrogens with zero attached hydrogens (tertiary/aromatic N) is 4. The first-order chi connectivity index (χ1) is 9.33. The molecule has 1 saturated heterocycles. The number of nitrogens with two attached hydrogens (primary N) is 1. The average Bonchev–Trinajstić information content (AvgIpc) is 2.78. The molecule has 1 aliphatic rings. The van der Waals surface area contributed by atoms with Crippen molar-refractivity contribution in [2.45, 2.75) is 25.8 Å². The van der Waals surface area contributed by atoms with Crippen LogP contribution in [0, 0.1) is 0 Å². The van der Waals surface area contributed by atoms with Gasteiger partial charge >= 0.3 is 0 Å². The zero-order valence-corrected chi connectivity index (χ0v) is 12.5. The van der Waals surface area contributed by atoms with Crippen molar-refractivity contribution < 1.29 is 8.42 Å². The van der Waals surface area contributed by atoms with Gasteiger partial charge in [-0.3, -0.25) is 0 Å². The van der Waals surface area contributed by atoms with Crippen LogP contribution in [-0.4, -0.2) is 54.5 Å². The number of rotatable bonds is 5. The van der Waals surface area contributed by atoms with Crippen LogP contribution in [0.3, 0.4) is 0 Å². The summed E-state index contributed by atoms with van der Waals surface area (Å²) in [5.74, 6) is 1.01. The Morgan fingerprint density at radius 2 is 1.95 bits per heavy atom. The summed E-state index contributed by atoms with van der Waals surface area (Å²) in [4.78, 5) is 14.5. The van der Waals surface area contributed by atoms with Crippen molar-refractivity contribution in [3.63, 3.8) is 0 Å². The molecule has 1 unspecified atom stereocenters. The van der Waals surface area contributed by atoms with Crippen molar-refractivity contribution in [3.05, 3.63) is 0 Å². The van der Waals surface area contributed by atoms with Crippen molar-refractivity contribution in [3.8, 4) is 0 Å². The number of aromatic nitrogens is 3. The van der Waals surface area contributed by atoms with Crippen molar-refractivity contribution >= 4 is 27.7 Å². The van der Waals surface area contributed by atoms with Crippen LogP contribution in [0.15, 0.2) is 0 Å². The van der Waals surface area contributed by atoms with Crippen molar-refractivity contribution in [2.24, 2.45) is 0 Å². The minimum Gasteiger partial charge on any atom is -0.368 e. The maximum atomic E-state index is 11.2. The van der Waals surface area contributed by atoms with Crippen molar-refractivity contribution in [1.82, 2.24) is 15.0 Å². The third-order valence-corrected chi connectivity index (χ3v) is 4.06. The minimum absolute atomic E-state index is 0.0115. The lowest BCUT2D eigenvalue weighted by Crippen LogP contribution is -2.27. The molecule has 8 nitrogen and oxygen atoms in total. The number of nitrogens with one attached hydrogen (secondary N) is 1. The van der Waals surface area contributed by atoms with Crippen LogP contribution in [0.2, 0.25) is 0 Å². The number of nitrogen functional groups attached to an aromatic ring is 1. The van der Waals surface area contributed by atoms with E-state index in [9.17, 15) is 8.42 Å². The topological polar surface area (TPSA) is 114 Å². The van der Waals surface area contributed by atoms with Crippen molar-refractivity contribution in [1.29, 1.82) is 0 Å². The Morgan fingerprint density at radius 1 is 1.30 bits per heavy atom. The highest BCUT2D eigenvalue weighted by molar-refractivity contribution is 7.90. The van der Waals surface area contributed by atoms with Gasteiger partial charge in [0.15, 0.2) is 0 Å². The van der Waals surface area contributed by atoms with E-state index in [0.29, 0.717) is 11.9 Å². The van der Waals surface area contributed by atoms with E-state index in [1.807, 2.05) is 4.90 Å². The Balaban J connectivity index is 2.11. The predicted molar refractivity (Wildman–Crippen MR) is 78.5 cm³/mol. The molecule has 3 N–H and O–H groups in total. The molecule has 0 saturated carbocycles. The zero-order valence-electron chi connectivity index (χ0n) is 11.7. The predicted octanol–water partition coefficient (Wildman–Crippen LogP) is -0.101. The van der Waals surface area contributed by atoms with Crippen LogP contribution in [0.4, 0.5) is 17.8 Å². The Hall–Kier alpha value is -1.64. The Kier molecular flexibility index (Phi) is 4.26. The van der Waals surface area contributed by atoms with Gasteiger partial charge in [0.25, 0.3) is 0 Å². The summed E-state index contributed by atoms with van der Waals surface area (Å²) in [5.41, 5.74) is 5.68. The van der Waals surface area contributed by atoms with E-state index in [1.165, 1.54) is 6.26 Å². The van der Waals surface area contributed by atoms with Gasteiger partial charge in [0.05, 0.1) is 5.75 Å². The van der Waals surface area contributed by atoms with Gasteiger partial charge in [-0.25, -0.2) is 8.42 Å². The van der Waals surface area contributed by atoms with E-state index in [-0.39, 0.29) is 17.7 Å². The maximum absolute atomic E-state index is 11.2. The molecule has 1 aromatic rings. The largest absolute Gasteiger partial charge is 0.368 e. The molecular formula is C11H20N6O2S. The van der Waals surface area contributed by atoms with Gasteiger partial charge in [-0.2, -0.15) is 15.0 Å². The number of anilines is 3. The number of sulfone groups is 1. The van der Waals surface area contributed by atoms with Crippen LogP contribution < -0.4 is 16.0 Å². The molecule has 9 heteroatoms. The quantitative estimate of drug-likeness (QED) is 0.774. The highest BCUT2D eigenvalue weighted by Gasteiger charge is 2.18. The summed E-state index contributed by atoms with van der Waals surface area (Å²) < 4.78 is 22.5. The van der Waals surface area contributed by atoms with Crippen LogP contribution in [-0.2, 0) is 9.84 Å². The molecule has 0 aliphatic carbocycles. The average molecular weight is 300 g/mol. The molecule has 0 bridgehead atoms. The first kappa shape index (κ1) is 14.8. The SMILES string of the molecule is CC(CS(C)(=O)=O)Nc1nc(N)nc(N2CCCC2)n1. The monoisotopic (exact) mass is 300 g/mol. The van der Waals surface area contributed by atoms with E-state index in [2.05, 4.69) is 20.3 Å². The smallest absolute Gasteiger partial charge is 0.231 e. The summed E-state index contributed by atoms with van der Waals surface area (Å²) in [6.07, 6.45) is 3.42. The maximum Gasteiger partial charge on any atom is 0.231 e. The minimum atomic E-state index is -3.05. The van der Waals surface area contributed by atoms with E-state index in [1.54, 1.807) is 6.92 Å². The number of hydrogen-bond acceptors (Lipinski definition) is 8. The van der Waals surface area contributed by atoms with Crippen LogP contribution in [0.5, 0.6) is 0 Å². The molecule has 0 aromatic carbocycles. The lowest BCUT2D eigenvalue weighted by Gasteiger charge is -2.17. The second kappa shape index (κ2) is 5.78. The fourth-order valence-corrected chi connectivity index (χ4v) is 3.21. The summed E-state index contributed by atoms with van der Waals surface area (Å²) in [6.45, 7) is 3.57. The molecule has 1 atom stereocenters. The van der Waals surface area contributed by atoms with Gasteiger partial charge in [0.2, 0.25) is 17.8 Å². The normalized spacial score (nSPS) is 17.2. The summed E-state index contributed by atoms with van der Waals surface area (Å²) >= 11 is 0. The summed E-state index contributed by atoms with van der Waals surface area (Å²) in [7, 11) is -3.05. The van der Waals surface area contributed by atoms with Gasteiger partial charge in [0.1, 0.15) is 9.84 Å². The van der Waals surface area contributed by atoms with Gasteiger partial charge in [-0.1, -0.05) is 0 Å². The van der Waals surface area contributed by atoms with Gasteiger partial charge in [0, 0.05) is 25.4 Å². The molecule has 112 valence electrons. The Labute approximate surface area is 118 Å². The van der Waals surface area contributed by atoms with Crippen LogP contribution in [0.1, 0.15) is 19.8 Å². The molecule has 1 aliphatic heterocycles. The van der Waals surface area contributed by atoms with Gasteiger partial charge in [-0.05, 0) is 19.8 Å². The van der Waals surface area contributed by atoms with Crippen LogP contribution >= 0.6 is 0 Å². The highest BCUT2D eigenvalue weighted by Crippen LogP contribution is 2.17.